The van der Waals surface area contributed by atoms with Crippen molar-refractivity contribution >= 4 is 27.5 Å². The molecule has 3 rings (SSSR count). The summed E-state index contributed by atoms with van der Waals surface area (Å²) in [7, 11) is 0. The van der Waals surface area contributed by atoms with Gasteiger partial charge in [0.2, 0.25) is 5.91 Å². The van der Waals surface area contributed by atoms with Crippen molar-refractivity contribution in [2.45, 2.75) is 12.3 Å². The number of amides is 1. The highest BCUT2D eigenvalue weighted by atomic mass is 79.9. The lowest BCUT2D eigenvalue weighted by molar-refractivity contribution is -0.121. The summed E-state index contributed by atoms with van der Waals surface area (Å²) in [5, 5.41) is 6.27. The first-order valence-electron chi connectivity index (χ1n) is 5.57. The van der Waals surface area contributed by atoms with Crippen molar-refractivity contribution in [3.8, 4) is 0 Å². The molecule has 4 heteroatoms. The quantitative estimate of drug-likeness (QED) is 0.764. The van der Waals surface area contributed by atoms with E-state index in [1.165, 1.54) is 5.56 Å². The Labute approximate surface area is 103 Å². The second-order valence-corrected chi connectivity index (χ2v) is 5.34. The topological polar surface area (TPSA) is 41.1 Å². The van der Waals surface area contributed by atoms with Crippen LogP contribution < -0.4 is 10.6 Å². The molecule has 2 aliphatic rings. The standard InChI is InChI=1S/C12H13BrN2O/c13-7-1-2-11-9(5-7)8-3-4-14-6-10(8)12(16)15-11/h1-2,5,8,10,14H,3-4,6H2,(H,15,16). The van der Waals surface area contributed by atoms with Gasteiger partial charge in [0.15, 0.2) is 0 Å². The molecule has 1 fully saturated rings. The van der Waals surface area contributed by atoms with Crippen LogP contribution in [0.15, 0.2) is 22.7 Å². The van der Waals surface area contributed by atoms with Crippen molar-refractivity contribution in [2.24, 2.45) is 5.92 Å². The zero-order valence-electron chi connectivity index (χ0n) is 8.79. The summed E-state index contributed by atoms with van der Waals surface area (Å²) < 4.78 is 1.08. The Bertz CT molecular complexity index is 447. The highest BCUT2D eigenvalue weighted by Gasteiger charge is 2.37. The van der Waals surface area contributed by atoms with Crippen molar-refractivity contribution in [1.82, 2.24) is 5.32 Å². The van der Waals surface area contributed by atoms with Crippen molar-refractivity contribution in [2.75, 3.05) is 18.4 Å². The van der Waals surface area contributed by atoms with Crippen LogP contribution in [-0.2, 0) is 4.79 Å². The van der Waals surface area contributed by atoms with Gasteiger partial charge in [-0.3, -0.25) is 4.79 Å². The monoisotopic (exact) mass is 280 g/mol. The smallest absolute Gasteiger partial charge is 0.229 e. The molecule has 0 radical (unpaired) electrons. The number of anilines is 1. The number of fused-ring (bicyclic) bond motifs is 3. The summed E-state index contributed by atoms with van der Waals surface area (Å²) in [6.45, 7) is 1.79. The van der Waals surface area contributed by atoms with Gasteiger partial charge in [0.25, 0.3) is 0 Å². The van der Waals surface area contributed by atoms with E-state index >= 15 is 0 Å². The van der Waals surface area contributed by atoms with E-state index in [0.717, 1.165) is 29.7 Å². The summed E-state index contributed by atoms with van der Waals surface area (Å²) in [4.78, 5) is 11.9. The maximum Gasteiger partial charge on any atom is 0.229 e. The van der Waals surface area contributed by atoms with E-state index in [1.54, 1.807) is 0 Å². The lowest BCUT2D eigenvalue weighted by Crippen LogP contribution is -2.44. The Balaban J connectivity index is 2.07. The molecule has 0 saturated carbocycles. The molecule has 2 aliphatic heterocycles. The van der Waals surface area contributed by atoms with Crippen LogP contribution in [0, 0.1) is 5.92 Å². The van der Waals surface area contributed by atoms with Crippen LogP contribution >= 0.6 is 15.9 Å². The fraction of sp³-hybridized carbons (Fsp3) is 0.417. The van der Waals surface area contributed by atoms with Crippen molar-refractivity contribution in [3.05, 3.63) is 28.2 Å². The summed E-state index contributed by atoms with van der Waals surface area (Å²) in [6.07, 6.45) is 1.04. The Morgan fingerprint density at radius 2 is 2.19 bits per heavy atom. The van der Waals surface area contributed by atoms with E-state index in [2.05, 4.69) is 32.6 Å². The van der Waals surface area contributed by atoms with Gasteiger partial charge in [-0.05, 0) is 42.6 Å². The third-order valence-corrected chi connectivity index (χ3v) is 3.98. The van der Waals surface area contributed by atoms with E-state index in [4.69, 9.17) is 0 Å². The molecule has 1 aromatic rings. The van der Waals surface area contributed by atoms with Gasteiger partial charge in [0, 0.05) is 16.7 Å². The predicted molar refractivity (Wildman–Crippen MR) is 66.5 cm³/mol. The van der Waals surface area contributed by atoms with Gasteiger partial charge in [-0.1, -0.05) is 15.9 Å². The van der Waals surface area contributed by atoms with E-state index in [0.29, 0.717) is 5.92 Å². The zero-order chi connectivity index (χ0) is 11.1. The Morgan fingerprint density at radius 1 is 1.31 bits per heavy atom. The third kappa shape index (κ3) is 1.57. The molecular formula is C12H13BrN2O. The van der Waals surface area contributed by atoms with Gasteiger partial charge < -0.3 is 10.6 Å². The molecule has 2 atom stereocenters. The molecule has 0 aromatic heterocycles. The van der Waals surface area contributed by atoms with Gasteiger partial charge in [-0.25, -0.2) is 0 Å². The van der Waals surface area contributed by atoms with Crippen LogP contribution in [0.1, 0.15) is 17.9 Å². The number of hydrogen-bond acceptors (Lipinski definition) is 2. The number of nitrogens with one attached hydrogen (secondary N) is 2. The summed E-state index contributed by atoms with van der Waals surface area (Å²) in [5.41, 5.74) is 2.26. The van der Waals surface area contributed by atoms with Crippen molar-refractivity contribution < 1.29 is 4.79 Å². The second-order valence-electron chi connectivity index (χ2n) is 4.43. The number of halogens is 1. The largest absolute Gasteiger partial charge is 0.326 e. The number of carbonyl (C=O) groups is 1. The number of carbonyl (C=O) groups excluding carboxylic acids is 1. The van der Waals surface area contributed by atoms with Gasteiger partial charge in [0.05, 0.1) is 5.92 Å². The molecule has 3 nitrogen and oxygen atoms in total. The van der Waals surface area contributed by atoms with Gasteiger partial charge >= 0.3 is 0 Å². The average Bonchev–Trinajstić information content (AvgIpc) is 2.31. The molecule has 0 spiro atoms. The van der Waals surface area contributed by atoms with Crippen LogP contribution in [0.2, 0.25) is 0 Å². The minimum atomic E-state index is 0.0931. The van der Waals surface area contributed by atoms with Crippen molar-refractivity contribution in [3.63, 3.8) is 0 Å². The summed E-state index contributed by atoms with van der Waals surface area (Å²) >= 11 is 3.49. The molecule has 0 aliphatic carbocycles. The molecule has 0 bridgehead atoms. The van der Waals surface area contributed by atoms with E-state index < -0.39 is 0 Å². The molecule has 2 heterocycles. The molecular weight excluding hydrogens is 268 g/mol. The van der Waals surface area contributed by atoms with E-state index in [-0.39, 0.29) is 11.8 Å². The fourth-order valence-corrected chi connectivity index (χ4v) is 3.06. The molecule has 16 heavy (non-hydrogen) atoms. The molecule has 1 saturated heterocycles. The molecule has 1 amide bonds. The highest BCUT2D eigenvalue weighted by molar-refractivity contribution is 9.10. The minimum Gasteiger partial charge on any atom is -0.326 e. The van der Waals surface area contributed by atoms with Crippen LogP contribution in [0.4, 0.5) is 5.69 Å². The Kier molecular flexibility index (Phi) is 2.48. The maximum atomic E-state index is 11.9. The van der Waals surface area contributed by atoms with Crippen LogP contribution in [0.3, 0.4) is 0 Å². The van der Waals surface area contributed by atoms with Gasteiger partial charge in [-0.15, -0.1) is 0 Å². The lowest BCUT2D eigenvalue weighted by Gasteiger charge is -2.36. The number of rotatable bonds is 0. The molecule has 84 valence electrons. The lowest BCUT2D eigenvalue weighted by atomic mass is 9.77. The Hall–Kier alpha value is -0.870. The fourth-order valence-electron chi connectivity index (χ4n) is 2.69. The van der Waals surface area contributed by atoms with Crippen LogP contribution in [0.25, 0.3) is 0 Å². The summed E-state index contributed by atoms with van der Waals surface area (Å²) in [5.74, 6) is 0.630. The normalized spacial score (nSPS) is 27.9. The number of benzene rings is 1. The summed E-state index contributed by atoms with van der Waals surface area (Å²) in [6, 6.07) is 6.09. The highest BCUT2D eigenvalue weighted by Crippen LogP contribution is 2.40. The molecule has 2 N–H and O–H groups in total. The minimum absolute atomic E-state index is 0.0931. The van der Waals surface area contributed by atoms with E-state index in [9.17, 15) is 4.79 Å². The predicted octanol–water partition coefficient (Wildman–Crippen LogP) is 2.09. The van der Waals surface area contributed by atoms with Crippen molar-refractivity contribution in [1.29, 1.82) is 0 Å². The first kappa shape index (κ1) is 10.3. The third-order valence-electron chi connectivity index (χ3n) is 3.49. The maximum absolute atomic E-state index is 11.9. The second kappa shape index (κ2) is 3.86. The molecule has 2 unspecified atom stereocenters. The number of hydrogen-bond donors (Lipinski definition) is 2. The Morgan fingerprint density at radius 3 is 3.06 bits per heavy atom. The first-order valence-corrected chi connectivity index (χ1v) is 6.36. The SMILES string of the molecule is O=C1Nc2ccc(Br)cc2C2CCNCC12. The average molecular weight is 281 g/mol. The van der Waals surface area contributed by atoms with Crippen LogP contribution in [0.5, 0.6) is 0 Å². The van der Waals surface area contributed by atoms with E-state index in [1.807, 2.05) is 12.1 Å². The van der Waals surface area contributed by atoms with Gasteiger partial charge in [-0.2, -0.15) is 0 Å². The zero-order valence-corrected chi connectivity index (χ0v) is 10.4. The van der Waals surface area contributed by atoms with Crippen LogP contribution in [-0.4, -0.2) is 19.0 Å². The first-order chi connectivity index (χ1) is 7.75. The molecule has 1 aromatic carbocycles. The van der Waals surface area contributed by atoms with Gasteiger partial charge in [0.1, 0.15) is 0 Å². The number of piperidine rings is 1.